The van der Waals surface area contributed by atoms with Gasteiger partial charge in [-0.1, -0.05) is 49.7 Å². The van der Waals surface area contributed by atoms with Crippen molar-refractivity contribution in [3.63, 3.8) is 0 Å². The lowest BCUT2D eigenvalue weighted by molar-refractivity contribution is 0.102. The summed E-state index contributed by atoms with van der Waals surface area (Å²) in [5.41, 5.74) is 7.99. The van der Waals surface area contributed by atoms with E-state index in [4.69, 9.17) is 0 Å². The van der Waals surface area contributed by atoms with Crippen molar-refractivity contribution in [2.24, 2.45) is 0 Å². The molecule has 0 spiro atoms. The summed E-state index contributed by atoms with van der Waals surface area (Å²) >= 11 is 0. The van der Waals surface area contributed by atoms with Crippen molar-refractivity contribution in [3.8, 4) is 16.9 Å². The summed E-state index contributed by atoms with van der Waals surface area (Å²) in [5, 5.41) is 6.40. The van der Waals surface area contributed by atoms with Gasteiger partial charge in [-0.25, -0.2) is 15.0 Å². The van der Waals surface area contributed by atoms with Gasteiger partial charge < -0.3 is 15.2 Å². The lowest BCUT2D eigenvalue weighted by atomic mass is 10.1. The second kappa shape index (κ2) is 11.7. The first-order chi connectivity index (χ1) is 19.0. The maximum absolute atomic E-state index is 13.4. The Morgan fingerprint density at radius 2 is 1.79 bits per heavy atom. The molecule has 0 bridgehead atoms. The molecule has 0 radical (unpaired) electrons. The number of hydrogen-bond acceptors (Lipinski definition) is 5. The van der Waals surface area contributed by atoms with Crippen molar-refractivity contribution in [2.75, 3.05) is 10.6 Å². The summed E-state index contributed by atoms with van der Waals surface area (Å²) in [6, 6.07) is 23.6. The highest BCUT2D eigenvalue weighted by Gasteiger charge is 2.12. The van der Waals surface area contributed by atoms with Gasteiger partial charge in [0.2, 0.25) is 5.95 Å². The molecule has 0 atom stereocenters. The van der Waals surface area contributed by atoms with Crippen molar-refractivity contribution >= 4 is 23.2 Å². The van der Waals surface area contributed by atoms with E-state index in [1.807, 2.05) is 85.3 Å². The molecular weight excluding hydrogens is 484 g/mol. The highest BCUT2D eigenvalue weighted by Crippen LogP contribution is 2.25. The third kappa shape index (κ3) is 6.38. The van der Waals surface area contributed by atoms with Crippen molar-refractivity contribution < 1.29 is 4.79 Å². The molecule has 0 unspecified atom stereocenters. The molecule has 7 heteroatoms. The number of benzene rings is 3. The fourth-order valence-corrected chi connectivity index (χ4v) is 4.39. The number of rotatable bonds is 9. The van der Waals surface area contributed by atoms with Crippen molar-refractivity contribution in [3.05, 3.63) is 114 Å². The molecule has 1 amide bonds. The maximum atomic E-state index is 13.4. The number of amides is 1. The Morgan fingerprint density at radius 3 is 2.56 bits per heavy atom. The van der Waals surface area contributed by atoms with E-state index >= 15 is 0 Å². The van der Waals surface area contributed by atoms with E-state index in [0.717, 1.165) is 58.8 Å². The predicted molar refractivity (Wildman–Crippen MR) is 157 cm³/mol. The van der Waals surface area contributed by atoms with Gasteiger partial charge in [-0.3, -0.25) is 4.79 Å². The Balaban J connectivity index is 1.38. The summed E-state index contributed by atoms with van der Waals surface area (Å²) in [5.74, 6) is 0.290. The van der Waals surface area contributed by atoms with Crippen LogP contribution in [0.2, 0.25) is 0 Å². The number of nitrogens with one attached hydrogen (secondary N) is 2. The molecule has 0 saturated heterocycles. The van der Waals surface area contributed by atoms with Crippen molar-refractivity contribution in [2.45, 2.75) is 40.0 Å². The van der Waals surface area contributed by atoms with Crippen LogP contribution in [0, 0.1) is 13.8 Å². The SMILES string of the molecule is CCCCc1cc(NC(=O)c2ccc(C)c(Nc3nccc(-c4ccccc4)n3)c2)cc(-n2cnc(C)c2)c1. The zero-order valence-corrected chi connectivity index (χ0v) is 22.5. The molecule has 2 heterocycles. The molecule has 196 valence electrons. The van der Waals surface area contributed by atoms with E-state index in [1.54, 1.807) is 12.5 Å². The lowest BCUT2D eigenvalue weighted by Gasteiger charge is -2.13. The average Bonchev–Trinajstić information content (AvgIpc) is 3.40. The first kappa shape index (κ1) is 25.9. The highest BCUT2D eigenvalue weighted by molar-refractivity contribution is 6.05. The van der Waals surface area contributed by atoms with E-state index in [-0.39, 0.29) is 5.91 Å². The number of carbonyl (C=O) groups is 1. The van der Waals surface area contributed by atoms with Gasteiger partial charge in [0, 0.05) is 40.6 Å². The maximum Gasteiger partial charge on any atom is 0.255 e. The zero-order chi connectivity index (χ0) is 27.2. The van der Waals surface area contributed by atoms with Crippen LogP contribution < -0.4 is 10.6 Å². The molecule has 0 saturated carbocycles. The quantitative estimate of drug-likeness (QED) is 0.215. The number of nitrogens with zero attached hydrogens (tertiary/aromatic N) is 4. The van der Waals surface area contributed by atoms with Crippen molar-refractivity contribution in [1.82, 2.24) is 19.5 Å². The topological polar surface area (TPSA) is 84.7 Å². The molecule has 7 nitrogen and oxygen atoms in total. The van der Waals surface area contributed by atoms with Crippen molar-refractivity contribution in [1.29, 1.82) is 0 Å². The zero-order valence-electron chi connectivity index (χ0n) is 22.5. The third-order valence-electron chi connectivity index (χ3n) is 6.54. The largest absolute Gasteiger partial charge is 0.324 e. The molecule has 2 N–H and O–H groups in total. The Kier molecular flexibility index (Phi) is 7.78. The van der Waals surface area contributed by atoms with Gasteiger partial charge in [-0.2, -0.15) is 0 Å². The van der Waals surface area contributed by atoms with Crippen LogP contribution >= 0.6 is 0 Å². The molecule has 0 aliphatic rings. The molecule has 0 fully saturated rings. The number of aryl methyl sites for hydroxylation is 3. The highest BCUT2D eigenvalue weighted by atomic mass is 16.1. The molecule has 5 aromatic rings. The smallest absolute Gasteiger partial charge is 0.255 e. The third-order valence-corrected chi connectivity index (χ3v) is 6.54. The molecule has 5 rings (SSSR count). The van der Waals surface area contributed by atoms with Gasteiger partial charge in [-0.15, -0.1) is 0 Å². The molecule has 39 heavy (non-hydrogen) atoms. The second-order valence-electron chi connectivity index (χ2n) is 9.65. The van der Waals surface area contributed by atoms with Crippen LogP contribution in [0.1, 0.15) is 46.9 Å². The van der Waals surface area contributed by atoms with Crippen LogP contribution in [0.15, 0.2) is 91.5 Å². The predicted octanol–water partition coefficient (Wildman–Crippen LogP) is 7.28. The fourth-order valence-electron chi connectivity index (χ4n) is 4.39. The van der Waals surface area contributed by atoms with Crippen LogP contribution in [-0.4, -0.2) is 25.4 Å². The minimum Gasteiger partial charge on any atom is -0.324 e. The van der Waals surface area contributed by atoms with Gasteiger partial charge >= 0.3 is 0 Å². The van der Waals surface area contributed by atoms with Crippen LogP contribution in [0.5, 0.6) is 0 Å². The molecular formula is C32H32N6O. The van der Waals surface area contributed by atoms with Gasteiger partial charge in [0.1, 0.15) is 0 Å². The summed E-state index contributed by atoms with van der Waals surface area (Å²) < 4.78 is 1.98. The first-order valence-corrected chi connectivity index (χ1v) is 13.2. The standard InChI is InChI=1S/C32H32N6O/c1-4-5-9-24-16-27(19-28(17-24)38-20-23(3)34-21-38)35-31(39)26-13-12-22(2)30(18-26)37-32-33-15-14-29(36-32)25-10-7-6-8-11-25/h6-8,10-21H,4-5,9H2,1-3H3,(H,35,39)(H,33,36,37). The Hall–Kier alpha value is -4.78. The average molecular weight is 517 g/mol. The monoisotopic (exact) mass is 516 g/mol. The molecule has 0 aliphatic carbocycles. The van der Waals surface area contributed by atoms with E-state index < -0.39 is 0 Å². The van der Waals surface area contributed by atoms with Gasteiger partial charge in [0.05, 0.1) is 17.7 Å². The number of imidazole rings is 1. The van der Waals surface area contributed by atoms with Gasteiger partial charge in [0.25, 0.3) is 5.91 Å². The van der Waals surface area contributed by atoms with Crippen LogP contribution in [0.25, 0.3) is 16.9 Å². The molecule has 3 aromatic carbocycles. The summed E-state index contributed by atoms with van der Waals surface area (Å²) in [6.45, 7) is 6.13. The number of hydrogen-bond donors (Lipinski definition) is 2. The molecule has 0 aliphatic heterocycles. The number of anilines is 3. The Bertz CT molecular complexity index is 1590. The lowest BCUT2D eigenvalue weighted by Crippen LogP contribution is -2.13. The number of carbonyl (C=O) groups excluding carboxylic acids is 1. The number of unbranched alkanes of at least 4 members (excludes halogenated alkanes) is 1. The van der Waals surface area contributed by atoms with E-state index in [1.165, 1.54) is 5.56 Å². The minimum atomic E-state index is -0.183. The summed E-state index contributed by atoms with van der Waals surface area (Å²) in [6.07, 6.45) is 8.65. The molecule has 2 aromatic heterocycles. The summed E-state index contributed by atoms with van der Waals surface area (Å²) in [7, 11) is 0. The van der Waals surface area contributed by atoms with E-state index in [0.29, 0.717) is 11.5 Å². The Morgan fingerprint density at radius 1 is 0.949 bits per heavy atom. The normalized spacial score (nSPS) is 10.8. The first-order valence-electron chi connectivity index (χ1n) is 13.2. The van der Waals surface area contributed by atoms with E-state index in [2.05, 4.69) is 44.6 Å². The van der Waals surface area contributed by atoms with Crippen LogP contribution in [-0.2, 0) is 6.42 Å². The van der Waals surface area contributed by atoms with Gasteiger partial charge in [0.15, 0.2) is 0 Å². The Labute approximate surface area is 229 Å². The number of aromatic nitrogens is 4. The minimum absolute atomic E-state index is 0.183. The second-order valence-corrected chi connectivity index (χ2v) is 9.65. The fraction of sp³-hybridized carbons (Fsp3) is 0.188. The van der Waals surface area contributed by atoms with E-state index in [9.17, 15) is 4.79 Å². The van der Waals surface area contributed by atoms with Crippen LogP contribution in [0.3, 0.4) is 0 Å². The van der Waals surface area contributed by atoms with Crippen LogP contribution in [0.4, 0.5) is 17.3 Å². The summed E-state index contributed by atoms with van der Waals surface area (Å²) in [4.78, 5) is 26.8. The van der Waals surface area contributed by atoms with Gasteiger partial charge in [-0.05, 0) is 74.2 Å².